The van der Waals surface area contributed by atoms with Crippen molar-refractivity contribution in [3.8, 4) is 0 Å². The summed E-state index contributed by atoms with van der Waals surface area (Å²) in [5, 5.41) is 8.04. The van der Waals surface area contributed by atoms with Crippen molar-refractivity contribution in [2.24, 2.45) is 5.41 Å². The Bertz CT molecular complexity index is 1240. The second-order valence-corrected chi connectivity index (χ2v) is 9.99. The standard InChI is InChI=1S/C23H25FN6O3S/c1-13(14-7-15(24)9-25-8-14)26-22-28-17-3-6-34-19(17)18(29-22)20(31)30-10-16(11-30)27-21(32)23(2)4-5-33-12-23/h3,6-9,13,16H,4-5,10-12H2,1-2H3,(H,27,32)(H,26,28,29)/t13-,23?/m0/s1. The van der Waals surface area contributed by atoms with Crippen LogP contribution in [0.3, 0.4) is 0 Å². The van der Waals surface area contributed by atoms with Gasteiger partial charge in [-0.25, -0.2) is 14.4 Å². The largest absolute Gasteiger partial charge is 0.380 e. The van der Waals surface area contributed by atoms with Gasteiger partial charge in [0.1, 0.15) is 5.82 Å². The molecule has 0 saturated carbocycles. The Labute approximate surface area is 199 Å². The van der Waals surface area contributed by atoms with E-state index in [0.29, 0.717) is 54.2 Å². The number of anilines is 1. The highest BCUT2D eigenvalue weighted by atomic mass is 32.1. The lowest BCUT2D eigenvalue weighted by molar-refractivity contribution is -0.131. The SMILES string of the molecule is C[C@H](Nc1nc(C(=O)N2CC(NC(=O)C3(C)CCOC3)C2)c2sccc2n1)c1cncc(F)c1. The third kappa shape index (κ3) is 4.32. The van der Waals surface area contributed by atoms with Crippen LogP contribution < -0.4 is 10.6 Å². The summed E-state index contributed by atoms with van der Waals surface area (Å²) in [6.07, 6.45) is 3.42. The molecular weight excluding hydrogens is 459 g/mol. The van der Waals surface area contributed by atoms with Gasteiger partial charge >= 0.3 is 0 Å². The summed E-state index contributed by atoms with van der Waals surface area (Å²) in [7, 11) is 0. The van der Waals surface area contributed by atoms with Crippen LogP contribution >= 0.6 is 11.3 Å². The minimum absolute atomic E-state index is 0.0305. The maximum absolute atomic E-state index is 13.6. The number of hydrogen-bond donors (Lipinski definition) is 2. The van der Waals surface area contributed by atoms with E-state index in [0.717, 1.165) is 6.20 Å². The summed E-state index contributed by atoms with van der Waals surface area (Å²) in [5.74, 6) is -0.383. The third-order valence-electron chi connectivity index (χ3n) is 6.35. The molecule has 11 heteroatoms. The van der Waals surface area contributed by atoms with Crippen molar-refractivity contribution in [3.63, 3.8) is 0 Å². The van der Waals surface area contributed by atoms with Crippen molar-refractivity contribution in [2.75, 3.05) is 31.6 Å². The van der Waals surface area contributed by atoms with Crippen LogP contribution in [0.4, 0.5) is 10.3 Å². The van der Waals surface area contributed by atoms with E-state index in [1.165, 1.54) is 17.4 Å². The van der Waals surface area contributed by atoms with Gasteiger partial charge in [0, 0.05) is 25.9 Å². The molecule has 2 fully saturated rings. The fourth-order valence-corrected chi connectivity index (χ4v) is 4.92. The molecule has 3 aromatic rings. The van der Waals surface area contributed by atoms with E-state index < -0.39 is 11.2 Å². The smallest absolute Gasteiger partial charge is 0.274 e. The summed E-state index contributed by atoms with van der Waals surface area (Å²) in [6.45, 7) is 5.61. The van der Waals surface area contributed by atoms with Crippen LogP contribution in [0.25, 0.3) is 10.2 Å². The van der Waals surface area contributed by atoms with Gasteiger partial charge in [0.15, 0.2) is 5.69 Å². The van der Waals surface area contributed by atoms with E-state index in [-0.39, 0.29) is 29.8 Å². The normalized spacial score (nSPS) is 21.3. The van der Waals surface area contributed by atoms with Gasteiger partial charge in [-0.05, 0) is 43.3 Å². The molecule has 0 aromatic carbocycles. The van der Waals surface area contributed by atoms with Crippen LogP contribution in [0.1, 0.15) is 42.4 Å². The number of amides is 2. The molecule has 1 unspecified atom stereocenters. The molecular formula is C23H25FN6O3S. The molecule has 5 rings (SSSR count). The highest BCUT2D eigenvalue weighted by Gasteiger charge is 2.41. The highest BCUT2D eigenvalue weighted by Crippen LogP contribution is 2.30. The number of fused-ring (bicyclic) bond motifs is 1. The Balaban J connectivity index is 1.28. The fourth-order valence-electron chi connectivity index (χ4n) is 4.11. The number of nitrogens with zero attached hydrogens (tertiary/aromatic N) is 4. The lowest BCUT2D eigenvalue weighted by Gasteiger charge is -2.40. The maximum Gasteiger partial charge on any atom is 0.274 e. The van der Waals surface area contributed by atoms with Gasteiger partial charge in [-0.15, -0.1) is 11.3 Å². The second-order valence-electron chi connectivity index (χ2n) is 9.08. The average molecular weight is 485 g/mol. The van der Waals surface area contributed by atoms with E-state index >= 15 is 0 Å². The molecule has 3 aromatic heterocycles. The zero-order valence-corrected chi connectivity index (χ0v) is 19.7. The van der Waals surface area contributed by atoms with Gasteiger partial charge in [0.25, 0.3) is 5.91 Å². The number of hydrogen-bond acceptors (Lipinski definition) is 8. The molecule has 0 bridgehead atoms. The molecule has 9 nitrogen and oxygen atoms in total. The molecule has 2 amide bonds. The Hall–Kier alpha value is -3.18. The van der Waals surface area contributed by atoms with E-state index in [4.69, 9.17) is 4.74 Å². The van der Waals surface area contributed by atoms with Gasteiger partial charge in [-0.2, -0.15) is 0 Å². The molecule has 2 N–H and O–H groups in total. The van der Waals surface area contributed by atoms with Crippen LogP contribution in [-0.2, 0) is 9.53 Å². The molecule has 0 aliphatic carbocycles. The van der Waals surface area contributed by atoms with Gasteiger partial charge in [0.05, 0.1) is 40.5 Å². The number of thiophene rings is 1. The van der Waals surface area contributed by atoms with Crippen LogP contribution in [-0.4, -0.2) is 64.0 Å². The quantitative estimate of drug-likeness (QED) is 0.554. The number of carbonyl (C=O) groups is 2. The van der Waals surface area contributed by atoms with E-state index in [2.05, 4.69) is 25.6 Å². The molecule has 2 aliphatic heterocycles. The lowest BCUT2D eigenvalue weighted by atomic mass is 9.88. The van der Waals surface area contributed by atoms with E-state index in [1.807, 2.05) is 25.3 Å². The topological polar surface area (TPSA) is 109 Å². The van der Waals surface area contributed by atoms with Gasteiger partial charge in [-0.3, -0.25) is 14.6 Å². The average Bonchev–Trinajstić information content (AvgIpc) is 3.44. The zero-order valence-electron chi connectivity index (χ0n) is 18.9. The number of ether oxygens (including phenoxy) is 1. The number of nitrogens with one attached hydrogen (secondary N) is 2. The summed E-state index contributed by atoms with van der Waals surface area (Å²) in [5.41, 5.74) is 1.11. The van der Waals surface area contributed by atoms with Crippen LogP contribution in [0.15, 0.2) is 29.9 Å². The van der Waals surface area contributed by atoms with Gasteiger partial charge in [-0.1, -0.05) is 0 Å². The highest BCUT2D eigenvalue weighted by molar-refractivity contribution is 7.17. The van der Waals surface area contributed by atoms with Crippen LogP contribution in [0, 0.1) is 11.2 Å². The number of carbonyl (C=O) groups excluding carboxylic acids is 2. The van der Waals surface area contributed by atoms with Crippen LogP contribution in [0.5, 0.6) is 0 Å². The summed E-state index contributed by atoms with van der Waals surface area (Å²) in [4.78, 5) is 40.4. The molecule has 2 atom stereocenters. The zero-order chi connectivity index (χ0) is 23.9. The molecule has 5 heterocycles. The molecule has 0 spiro atoms. The molecule has 0 radical (unpaired) electrons. The van der Waals surface area contributed by atoms with Crippen LogP contribution in [0.2, 0.25) is 0 Å². The number of rotatable bonds is 6. The Kier molecular flexibility index (Phi) is 5.90. The molecule has 178 valence electrons. The molecule has 34 heavy (non-hydrogen) atoms. The summed E-state index contributed by atoms with van der Waals surface area (Å²) >= 11 is 1.40. The molecule has 2 aliphatic rings. The first kappa shape index (κ1) is 22.6. The first-order chi connectivity index (χ1) is 16.3. The predicted molar refractivity (Wildman–Crippen MR) is 125 cm³/mol. The first-order valence-electron chi connectivity index (χ1n) is 11.1. The minimum atomic E-state index is -0.505. The number of likely N-dealkylation sites (tertiary alicyclic amines) is 1. The number of aromatic nitrogens is 3. The Morgan fingerprint density at radius 2 is 2.15 bits per heavy atom. The summed E-state index contributed by atoms with van der Waals surface area (Å²) in [6, 6.07) is 2.83. The minimum Gasteiger partial charge on any atom is -0.380 e. The summed E-state index contributed by atoms with van der Waals surface area (Å²) < 4.78 is 19.6. The van der Waals surface area contributed by atoms with Crippen molar-refractivity contribution >= 4 is 39.3 Å². The monoisotopic (exact) mass is 484 g/mol. The first-order valence-corrected chi connectivity index (χ1v) is 12.0. The number of halogens is 1. The Morgan fingerprint density at radius 1 is 1.32 bits per heavy atom. The molecule has 2 saturated heterocycles. The Morgan fingerprint density at radius 3 is 2.88 bits per heavy atom. The van der Waals surface area contributed by atoms with Gasteiger partial charge in [0.2, 0.25) is 11.9 Å². The van der Waals surface area contributed by atoms with E-state index in [1.54, 1.807) is 11.1 Å². The third-order valence-corrected chi connectivity index (χ3v) is 7.26. The fraction of sp³-hybridized carbons (Fsp3) is 0.435. The van der Waals surface area contributed by atoms with Crippen molar-refractivity contribution in [1.82, 2.24) is 25.2 Å². The number of pyridine rings is 1. The van der Waals surface area contributed by atoms with Gasteiger partial charge < -0.3 is 20.3 Å². The van der Waals surface area contributed by atoms with Crippen molar-refractivity contribution in [3.05, 3.63) is 47.0 Å². The lowest BCUT2D eigenvalue weighted by Crippen LogP contribution is -2.62. The second kappa shape index (κ2) is 8.88. The predicted octanol–water partition coefficient (Wildman–Crippen LogP) is 2.77. The van der Waals surface area contributed by atoms with Crippen molar-refractivity contribution in [2.45, 2.75) is 32.4 Å². The maximum atomic E-state index is 13.6. The van der Waals surface area contributed by atoms with Crippen molar-refractivity contribution in [1.29, 1.82) is 0 Å². The van der Waals surface area contributed by atoms with Crippen molar-refractivity contribution < 1.29 is 18.7 Å². The van der Waals surface area contributed by atoms with E-state index in [9.17, 15) is 14.0 Å².